The van der Waals surface area contributed by atoms with E-state index in [1.807, 2.05) is 0 Å². The Labute approximate surface area is 80.4 Å². The van der Waals surface area contributed by atoms with Crippen molar-refractivity contribution in [2.75, 3.05) is 13.2 Å². The van der Waals surface area contributed by atoms with E-state index < -0.39 is 6.16 Å². The van der Waals surface area contributed by atoms with Crippen molar-refractivity contribution < 1.29 is 14.3 Å². The Hall–Kier alpha value is -0.730. The third-order valence-corrected chi connectivity index (χ3v) is 1.69. The first-order valence-corrected chi connectivity index (χ1v) is 5.10. The van der Waals surface area contributed by atoms with E-state index in [9.17, 15) is 4.79 Å². The molecule has 0 aliphatic rings. The van der Waals surface area contributed by atoms with Gasteiger partial charge in [-0.15, -0.1) is 0 Å². The van der Waals surface area contributed by atoms with Crippen molar-refractivity contribution >= 4 is 6.16 Å². The third kappa shape index (κ3) is 9.18. The Morgan fingerprint density at radius 1 is 0.923 bits per heavy atom. The van der Waals surface area contributed by atoms with Crippen molar-refractivity contribution in [1.29, 1.82) is 0 Å². The van der Waals surface area contributed by atoms with Crippen molar-refractivity contribution in [2.45, 2.75) is 46.0 Å². The molecule has 0 atom stereocenters. The van der Waals surface area contributed by atoms with Gasteiger partial charge in [0.1, 0.15) is 0 Å². The van der Waals surface area contributed by atoms with E-state index in [2.05, 4.69) is 13.8 Å². The van der Waals surface area contributed by atoms with Gasteiger partial charge in [0.2, 0.25) is 0 Å². The zero-order valence-electron chi connectivity index (χ0n) is 8.67. The number of ether oxygens (including phenoxy) is 2. The third-order valence-electron chi connectivity index (χ3n) is 1.69. The largest absolute Gasteiger partial charge is 0.508 e. The van der Waals surface area contributed by atoms with E-state index >= 15 is 0 Å². The molecule has 78 valence electrons. The highest BCUT2D eigenvalue weighted by molar-refractivity contribution is 5.59. The molecule has 0 rings (SSSR count). The molecule has 0 saturated heterocycles. The molecule has 0 aliphatic carbocycles. The molecule has 0 saturated carbocycles. The molecule has 0 aromatic rings. The fourth-order valence-electron chi connectivity index (χ4n) is 0.849. The summed E-state index contributed by atoms with van der Waals surface area (Å²) < 4.78 is 9.63. The molecular weight excluding hydrogens is 168 g/mol. The molecule has 0 aromatic heterocycles. The van der Waals surface area contributed by atoms with Crippen LogP contribution < -0.4 is 0 Å². The van der Waals surface area contributed by atoms with Gasteiger partial charge in [-0.3, -0.25) is 0 Å². The van der Waals surface area contributed by atoms with Gasteiger partial charge in [0.15, 0.2) is 0 Å². The zero-order valence-corrected chi connectivity index (χ0v) is 8.67. The summed E-state index contributed by atoms with van der Waals surface area (Å²) in [7, 11) is 0. The van der Waals surface area contributed by atoms with Gasteiger partial charge >= 0.3 is 6.16 Å². The summed E-state index contributed by atoms with van der Waals surface area (Å²) in [6, 6.07) is 0. The maximum Gasteiger partial charge on any atom is 0.508 e. The second kappa shape index (κ2) is 9.36. The van der Waals surface area contributed by atoms with Gasteiger partial charge in [0, 0.05) is 0 Å². The van der Waals surface area contributed by atoms with E-state index in [4.69, 9.17) is 9.47 Å². The van der Waals surface area contributed by atoms with Crippen LogP contribution in [0.1, 0.15) is 46.0 Å². The van der Waals surface area contributed by atoms with Gasteiger partial charge in [-0.25, -0.2) is 4.79 Å². The molecule has 3 heteroatoms. The maximum atomic E-state index is 10.8. The summed E-state index contributed by atoms with van der Waals surface area (Å²) in [6.07, 6.45) is 4.58. The van der Waals surface area contributed by atoms with Crippen molar-refractivity contribution in [3.63, 3.8) is 0 Å². The van der Waals surface area contributed by atoms with E-state index in [1.54, 1.807) is 0 Å². The fraction of sp³-hybridized carbons (Fsp3) is 0.900. The second-order valence-electron chi connectivity index (χ2n) is 3.01. The summed E-state index contributed by atoms with van der Waals surface area (Å²) in [5.41, 5.74) is 0. The van der Waals surface area contributed by atoms with Gasteiger partial charge in [-0.1, -0.05) is 33.1 Å². The van der Waals surface area contributed by atoms with Crippen LogP contribution in [0.3, 0.4) is 0 Å². The number of unbranched alkanes of at least 4 members (excludes halogenated alkanes) is 3. The fourth-order valence-corrected chi connectivity index (χ4v) is 0.849. The normalized spacial score (nSPS) is 9.69. The van der Waals surface area contributed by atoms with Gasteiger partial charge in [0.05, 0.1) is 13.2 Å². The van der Waals surface area contributed by atoms with E-state index in [0.29, 0.717) is 13.2 Å². The molecule has 0 fully saturated rings. The monoisotopic (exact) mass is 188 g/mol. The molecule has 3 nitrogen and oxygen atoms in total. The SMILES string of the molecule is CCCCCOC(=O)OCCCC. The Morgan fingerprint density at radius 2 is 1.46 bits per heavy atom. The molecule has 0 aliphatic heterocycles. The smallest absolute Gasteiger partial charge is 0.434 e. The number of carbonyl (C=O) groups excluding carboxylic acids is 1. The first-order chi connectivity index (χ1) is 6.31. The van der Waals surface area contributed by atoms with Crippen LogP contribution in [0, 0.1) is 0 Å². The van der Waals surface area contributed by atoms with E-state index in [1.165, 1.54) is 0 Å². The molecule has 0 heterocycles. The Kier molecular flexibility index (Phi) is 8.83. The molecule has 0 aromatic carbocycles. The summed E-state index contributed by atoms with van der Waals surface area (Å²) >= 11 is 0. The number of hydrogen-bond donors (Lipinski definition) is 0. The number of carbonyl (C=O) groups is 1. The lowest BCUT2D eigenvalue weighted by Gasteiger charge is -2.04. The minimum atomic E-state index is -0.524. The number of rotatable bonds is 7. The topological polar surface area (TPSA) is 35.5 Å². The van der Waals surface area contributed by atoms with Gasteiger partial charge in [-0.2, -0.15) is 0 Å². The minimum absolute atomic E-state index is 0.475. The lowest BCUT2D eigenvalue weighted by Crippen LogP contribution is -2.09. The molecule has 0 radical (unpaired) electrons. The molecule has 0 N–H and O–H groups in total. The van der Waals surface area contributed by atoms with Crippen LogP contribution in [0.2, 0.25) is 0 Å². The van der Waals surface area contributed by atoms with Crippen LogP contribution >= 0.6 is 0 Å². The van der Waals surface area contributed by atoms with Crippen LogP contribution in [-0.2, 0) is 9.47 Å². The summed E-state index contributed by atoms with van der Waals surface area (Å²) in [4.78, 5) is 10.8. The van der Waals surface area contributed by atoms with Crippen LogP contribution in [-0.4, -0.2) is 19.4 Å². The maximum absolute atomic E-state index is 10.8. The quantitative estimate of drug-likeness (QED) is 0.455. The first-order valence-electron chi connectivity index (χ1n) is 5.10. The molecule has 0 amide bonds. The molecule has 0 unspecified atom stereocenters. The average molecular weight is 188 g/mol. The molecule has 0 spiro atoms. The Morgan fingerprint density at radius 3 is 2.00 bits per heavy atom. The molecule has 13 heavy (non-hydrogen) atoms. The van der Waals surface area contributed by atoms with Crippen molar-refractivity contribution in [3.05, 3.63) is 0 Å². The van der Waals surface area contributed by atoms with Crippen molar-refractivity contribution in [1.82, 2.24) is 0 Å². The lowest BCUT2D eigenvalue weighted by atomic mass is 10.3. The molecule has 0 bridgehead atoms. The first kappa shape index (κ1) is 12.3. The van der Waals surface area contributed by atoms with Crippen molar-refractivity contribution in [3.8, 4) is 0 Å². The van der Waals surface area contributed by atoms with Gasteiger partial charge in [0.25, 0.3) is 0 Å². The average Bonchev–Trinajstić information content (AvgIpc) is 2.13. The molecular formula is C10H20O3. The zero-order chi connectivity index (χ0) is 9.94. The highest BCUT2D eigenvalue weighted by Gasteiger charge is 2.01. The van der Waals surface area contributed by atoms with E-state index in [-0.39, 0.29) is 0 Å². The standard InChI is InChI=1S/C10H20O3/c1-3-5-7-9-13-10(11)12-8-6-4-2/h3-9H2,1-2H3. The summed E-state index contributed by atoms with van der Waals surface area (Å²) in [5.74, 6) is 0. The second-order valence-corrected chi connectivity index (χ2v) is 3.01. The summed E-state index contributed by atoms with van der Waals surface area (Å²) in [5, 5.41) is 0. The predicted octanol–water partition coefficient (Wildman–Crippen LogP) is 3.13. The highest BCUT2D eigenvalue weighted by Crippen LogP contribution is 1.96. The Bertz CT molecular complexity index is 123. The lowest BCUT2D eigenvalue weighted by molar-refractivity contribution is 0.0533. The van der Waals surface area contributed by atoms with Gasteiger partial charge in [-0.05, 0) is 12.8 Å². The van der Waals surface area contributed by atoms with Crippen LogP contribution in [0.5, 0.6) is 0 Å². The predicted molar refractivity (Wildman–Crippen MR) is 51.7 cm³/mol. The van der Waals surface area contributed by atoms with Crippen molar-refractivity contribution in [2.24, 2.45) is 0 Å². The number of hydrogen-bond acceptors (Lipinski definition) is 3. The van der Waals surface area contributed by atoms with Crippen LogP contribution in [0.25, 0.3) is 0 Å². The van der Waals surface area contributed by atoms with Crippen LogP contribution in [0.15, 0.2) is 0 Å². The van der Waals surface area contributed by atoms with E-state index in [0.717, 1.165) is 32.1 Å². The van der Waals surface area contributed by atoms with Crippen LogP contribution in [0.4, 0.5) is 4.79 Å². The van der Waals surface area contributed by atoms with Gasteiger partial charge < -0.3 is 9.47 Å². The Balaban J connectivity index is 3.11. The summed E-state index contributed by atoms with van der Waals surface area (Å²) in [6.45, 7) is 5.12. The highest BCUT2D eigenvalue weighted by atomic mass is 16.7. The minimum Gasteiger partial charge on any atom is -0.434 e.